The Morgan fingerprint density at radius 3 is 2.27 bits per heavy atom. The van der Waals surface area contributed by atoms with E-state index < -0.39 is 0 Å². The van der Waals surface area contributed by atoms with E-state index in [9.17, 15) is 10.5 Å². The smallest absolute Gasteiger partial charge is 0.101 e. The van der Waals surface area contributed by atoms with E-state index in [4.69, 9.17) is 0 Å². The molecule has 0 N–H and O–H groups in total. The van der Waals surface area contributed by atoms with Crippen molar-refractivity contribution in [2.45, 2.75) is 24.8 Å². The molecule has 2 heterocycles. The average molecular weight is 615 g/mol. The quantitative estimate of drug-likeness (QED) is 0.198. The van der Waals surface area contributed by atoms with E-state index in [0.29, 0.717) is 11.1 Å². The summed E-state index contributed by atoms with van der Waals surface area (Å²) < 4.78 is 4.69. The van der Waals surface area contributed by atoms with Crippen molar-refractivity contribution in [1.29, 1.82) is 10.5 Å². The Hall–Kier alpha value is -6.36. The second kappa shape index (κ2) is 11.2. The fourth-order valence-corrected chi connectivity index (χ4v) is 8.11. The molecule has 9 rings (SSSR count). The molecule has 0 saturated carbocycles. The monoisotopic (exact) mass is 614 g/mol. The van der Waals surface area contributed by atoms with Crippen LogP contribution in [0.25, 0.3) is 55.6 Å². The van der Waals surface area contributed by atoms with Gasteiger partial charge < -0.3 is 9.13 Å². The van der Waals surface area contributed by atoms with Gasteiger partial charge in [0, 0.05) is 39.0 Å². The van der Waals surface area contributed by atoms with Crippen LogP contribution in [0.2, 0.25) is 0 Å². The van der Waals surface area contributed by atoms with Crippen molar-refractivity contribution in [2.24, 2.45) is 0 Å². The standard InChI is InChI=1S/C44H30N4/c45-27-30-13-10-20-33(29-12-9-15-32(26-29)47-39-22-5-1-16-34(39)35-17-2-6-23-40(35)47)43(30)38-19-4-8-25-42(38)48-41-24-7-3-18-36(41)37-21-11-14-31(28-46)44(37)48/h1,3-16,18-26,38,42H,2,17H2. The summed E-state index contributed by atoms with van der Waals surface area (Å²) in [6.07, 6.45) is 15.2. The maximum Gasteiger partial charge on any atom is 0.101 e. The van der Waals surface area contributed by atoms with Crippen LogP contribution in [-0.2, 0) is 6.42 Å². The van der Waals surface area contributed by atoms with Crippen molar-refractivity contribution < 1.29 is 0 Å². The number of benzene rings is 5. The highest BCUT2D eigenvalue weighted by atomic mass is 15.0. The number of para-hydroxylation sites is 3. The van der Waals surface area contributed by atoms with E-state index in [1.165, 1.54) is 22.2 Å². The van der Waals surface area contributed by atoms with Crippen molar-refractivity contribution in [3.63, 3.8) is 0 Å². The molecule has 7 aromatic rings. The summed E-state index contributed by atoms with van der Waals surface area (Å²) in [5, 5.41) is 24.3. The lowest BCUT2D eigenvalue weighted by atomic mass is 9.80. The van der Waals surface area contributed by atoms with Crippen LogP contribution >= 0.6 is 0 Å². The highest BCUT2D eigenvalue weighted by molar-refractivity contribution is 6.10. The topological polar surface area (TPSA) is 57.4 Å². The minimum absolute atomic E-state index is 0.154. The molecule has 5 aromatic carbocycles. The van der Waals surface area contributed by atoms with Gasteiger partial charge in [0.1, 0.15) is 6.07 Å². The predicted molar refractivity (Wildman–Crippen MR) is 195 cm³/mol. The Bertz CT molecular complexity index is 2610. The van der Waals surface area contributed by atoms with Gasteiger partial charge >= 0.3 is 0 Å². The zero-order valence-corrected chi connectivity index (χ0v) is 26.2. The Morgan fingerprint density at radius 2 is 1.40 bits per heavy atom. The third-order valence-electron chi connectivity index (χ3n) is 10.1. The Balaban J connectivity index is 1.26. The molecule has 0 bridgehead atoms. The third-order valence-corrected chi connectivity index (χ3v) is 10.1. The Morgan fingerprint density at radius 1 is 0.667 bits per heavy atom. The summed E-state index contributed by atoms with van der Waals surface area (Å²) in [5.41, 5.74) is 11.3. The van der Waals surface area contributed by atoms with Crippen molar-refractivity contribution in [3.8, 4) is 29.0 Å². The van der Waals surface area contributed by atoms with Gasteiger partial charge in [-0.15, -0.1) is 0 Å². The molecule has 2 unspecified atom stereocenters. The van der Waals surface area contributed by atoms with Crippen molar-refractivity contribution in [1.82, 2.24) is 9.13 Å². The molecule has 0 aliphatic heterocycles. The zero-order valence-electron chi connectivity index (χ0n) is 26.2. The van der Waals surface area contributed by atoms with Crippen LogP contribution in [0.5, 0.6) is 0 Å². The van der Waals surface area contributed by atoms with Crippen molar-refractivity contribution in [3.05, 3.63) is 168 Å². The number of aryl methyl sites for hydroxylation is 1. The minimum Gasteiger partial charge on any atom is -0.331 e. The van der Waals surface area contributed by atoms with Gasteiger partial charge in [0.2, 0.25) is 0 Å². The van der Waals surface area contributed by atoms with E-state index in [2.05, 4.69) is 143 Å². The van der Waals surface area contributed by atoms with Crippen molar-refractivity contribution in [2.75, 3.05) is 0 Å². The number of fused-ring (bicyclic) bond motifs is 6. The second-order valence-electron chi connectivity index (χ2n) is 12.6. The summed E-state index contributed by atoms with van der Waals surface area (Å²) in [7, 11) is 0. The fraction of sp³-hybridized carbons (Fsp3) is 0.0909. The summed E-state index contributed by atoms with van der Waals surface area (Å²) in [5.74, 6) is -0.154. The number of hydrogen-bond acceptors (Lipinski definition) is 2. The molecule has 0 saturated heterocycles. The summed E-state index contributed by atoms with van der Waals surface area (Å²) in [6.45, 7) is 0. The van der Waals surface area contributed by atoms with E-state index >= 15 is 0 Å². The molecule has 2 atom stereocenters. The molecule has 0 amide bonds. The van der Waals surface area contributed by atoms with Gasteiger partial charge in [-0.3, -0.25) is 0 Å². The van der Waals surface area contributed by atoms with Crippen LogP contribution in [0.1, 0.15) is 46.3 Å². The molecule has 4 heteroatoms. The number of allylic oxidation sites excluding steroid dienone is 5. The van der Waals surface area contributed by atoms with Gasteiger partial charge in [-0.25, -0.2) is 0 Å². The maximum atomic E-state index is 10.6. The fourth-order valence-electron chi connectivity index (χ4n) is 8.11. The average Bonchev–Trinajstić information content (AvgIpc) is 3.68. The molecule has 0 spiro atoms. The minimum atomic E-state index is -0.158. The van der Waals surface area contributed by atoms with E-state index in [1.54, 1.807) is 0 Å². The zero-order chi connectivity index (χ0) is 32.2. The molecule has 2 aliphatic rings. The lowest BCUT2D eigenvalue weighted by molar-refractivity contribution is 0.575. The van der Waals surface area contributed by atoms with Gasteiger partial charge in [0.25, 0.3) is 0 Å². The SMILES string of the molecule is N#Cc1cccc(-c2cccc(-n3c4c(c5ccccc53)CCC=C4)c2)c1C1C=CC=CC1n1c2ccccc2c2cccc(C#N)c21. The van der Waals surface area contributed by atoms with Crippen molar-refractivity contribution >= 4 is 38.8 Å². The van der Waals surface area contributed by atoms with E-state index in [1.807, 2.05) is 24.3 Å². The lowest BCUT2D eigenvalue weighted by Gasteiger charge is -2.30. The maximum absolute atomic E-state index is 10.6. The van der Waals surface area contributed by atoms with Gasteiger partial charge in [-0.05, 0) is 77.6 Å². The van der Waals surface area contributed by atoms with Gasteiger partial charge in [-0.2, -0.15) is 10.5 Å². The first-order valence-electron chi connectivity index (χ1n) is 16.5. The summed E-state index contributed by atoms with van der Waals surface area (Å²) in [6, 6.07) is 42.6. The van der Waals surface area contributed by atoms with Crippen LogP contribution in [-0.4, -0.2) is 9.13 Å². The Kier molecular flexibility index (Phi) is 6.49. The molecule has 48 heavy (non-hydrogen) atoms. The summed E-state index contributed by atoms with van der Waals surface area (Å²) >= 11 is 0. The van der Waals surface area contributed by atoms with Crippen LogP contribution in [0, 0.1) is 22.7 Å². The first kappa shape index (κ1) is 27.9. The molecule has 0 radical (unpaired) electrons. The van der Waals surface area contributed by atoms with Gasteiger partial charge in [0.15, 0.2) is 0 Å². The molecule has 0 fully saturated rings. The van der Waals surface area contributed by atoms with E-state index in [0.717, 1.165) is 57.0 Å². The number of hydrogen-bond donors (Lipinski definition) is 0. The molecule has 2 aliphatic carbocycles. The number of nitriles is 2. The molecular weight excluding hydrogens is 585 g/mol. The van der Waals surface area contributed by atoms with Crippen LogP contribution in [0.15, 0.2) is 140 Å². The molecule has 226 valence electrons. The van der Waals surface area contributed by atoms with Crippen LogP contribution < -0.4 is 0 Å². The number of nitrogens with zero attached hydrogens (tertiary/aromatic N) is 4. The van der Waals surface area contributed by atoms with Gasteiger partial charge in [-0.1, -0.05) is 103 Å². The highest BCUT2D eigenvalue weighted by Crippen LogP contribution is 2.45. The number of rotatable bonds is 4. The lowest BCUT2D eigenvalue weighted by Crippen LogP contribution is -2.18. The van der Waals surface area contributed by atoms with Crippen LogP contribution in [0.4, 0.5) is 0 Å². The summed E-state index contributed by atoms with van der Waals surface area (Å²) in [4.78, 5) is 0. The molecule has 2 aromatic heterocycles. The highest BCUT2D eigenvalue weighted by Gasteiger charge is 2.30. The van der Waals surface area contributed by atoms with Gasteiger partial charge in [0.05, 0.1) is 34.3 Å². The van der Waals surface area contributed by atoms with Crippen LogP contribution in [0.3, 0.4) is 0 Å². The predicted octanol–water partition coefficient (Wildman–Crippen LogP) is 10.6. The molecular formula is C44H30N4. The largest absolute Gasteiger partial charge is 0.331 e. The Labute approximate surface area is 279 Å². The molecule has 4 nitrogen and oxygen atoms in total. The normalized spacial score (nSPS) is 16.7. The van der Waals surface area contributed by atoms with E-state index in [-0.39, 0.29) is 12.0 Å². The first-order valence-corrected chi connectivity index (χ1v) is 16.5. The third kappa shape index (κ3) is 4.13. The first-order chi connectivity index (χ1) is 23.8. The number of aromatic nitrogens is 2. The second-order valence-corrected chi connectivity index (χ2v) is 12.6.